The first-order valence-electron chi connectivity index (χ1n) is 5.72. The number of hydrogen-bond donors (Lipinski definition) is 0. The molecule has 17 heavy (non-hydrogen) atoms. The molecule has 0 bridgehead atoms. The second-order valence-electron chi connectivity index (χ2n) is 4.27. The maximum absolute atomic E-state index is 5.13. The SMILES string of the molecule is COc1ccc(Cc2nncn2C(C)C)cc1. The fraction of sp³-hybridized carbons (Fsp3) is 0.385. The van der Waals surface area contributed by atoms with Crippen molar-refractivity contribution in [3.63, 3.8) is 0 Å². The largest absolute Gasteiger partial charge is 0.497 e. The zero-order valence-corrected chi connectivity index (χ0v) is 10.4. The van der Waals surface area contributed by atoms with Gasteiger partial charge < -0.3 is 9.30 Å². The van der Waals surface area contributed by atoms with Crippen LogP contribution in [0.5, 0.6) is 5.75 Å². The lowest BCUT2D eigenvalue weighted by Gasteiger charge is -2.10. The van der Waals surface area contributed by atoms with Gasteiger partial charge in [-0.2, -0.15) is 0 Å². The van der Waals surface area contributed by atoms with Gasteiger partial charge in [0, 0.05) is 12.5 Å². The Labute approximate surface area is 101 Å². The number of benzene rings is 1. The van der Waals surface area contributed by atoms with Crippen LogP contribution < -0.4 is 4.74 Å². The molecule has 0 aliphatic heterocycles. The van der Waals surface area contributed by atoms with E-state index in [0.717, 1.165) is 18.0 Å². The van der Waals surface area contributed by atoms with E-state index >= 15 is 0 Å². The molecule has 1 aromatic heterocycles. The van der Waals surface area contributed by atoms with E-state index in [1.54, 1.807) is 13.4 Å². The van der Waals surface area contributed by atoms with Crippen LogP contribution in [-0.4, -0.2) is 21.9 Å². The molecular weight excluding hydrogens is 214 g/mol. The first-order chi connectivity index (χ1) is 8.20. The highest BCUT2D eigenvalue weighted by atomic mass is 16.5. The summed E-state index contributed by atoms with van der Waals surface area (Å²) in [4.78, 5) is 0. The average Bonchev–Trinajstić information content (AvgIpc) is 2.78. The summed E-state index contributed by atoms with van der Waals surface area (Å²) in [6, 6.07) is 8.42. The minimum absolute atomic E-state index is 0.387. The zero-order valence-electron chi connectivity index (χ0n) is 10.4. The summed E-state index contributed by atoms with van der Waals surface area (Å²) in [6.07, 6.45) is 2.58. The van der Waals surface area contributed by atoms with Gasteiger partial charge in [0.25, 0.3) is 0 Å². The second kappa shape index (κ2) is 4.99. The molecule has 0 spiro atoms. The molecule has 0 atom stereocenters. The van der Waals surface area contributed by atoms with E-state index in [9.17, 15) is 0 Å². The topological polar surface area (TPSA) is 39.9 Å². The Morgan fingerprint density at radius 3 is 2.53 bits per heavy atom. The quantitative estimate of drug-likeness (QED) is 0.811. The van der Waals surface area contributed by atoms with Crippen molar-refractivity contribution in [3.05, 3.63) is 42.0 Å². The van der Waals surface area contributed by atoms with Gasteiger partial charge in [0.15, 0.2) is 0 Å². The summed E-state index contributed by atoms with van der Waals surface area (Å²) in [5.41, 5.74) is 1.21. The van der Waals surface area contributed by atoms with Gasteiger partial charge in [-0.1, -0.05) is 12.1 Å². The highest BCUT2D eigenvalue weighted by Gasteiger charge is 2.07. The van der Waals surface area contributed by atoms with Crippen LogP contribution in [0.4, 0.5) is 0 Å². The molecule has 2 aromatic rings. The number of nitrogens with zero attached hydrogens (tertiary/aromatic N) is 3. The third kappa shape index (κ3) is 2.64. The fourth-order valence-corrected chi connectivity index (χ4v) is 1.75. The molecule has 4 nitrogen and oxygen atoms in total. The van der Waals surface area contributed by atoms with Crippen molar-refractivity contribution in [2.24, 2.45) is 0 Å². The molecule has 0 aliphatic rings. The van der Waals surface area contributed by atoms with Gasteiger partial charge in [-0.25, -0.2) is 0 Å². The predicted octanol–water partition coefficient (Wildman–Crippen LogP) is 2.46. The number of methoxy groups -OCH3 is 1. The molecule has 0 saturated heterocycles. The minimum atomic E-state index is 0.387. The molecule has 0 unspecified atom stereocenters. The van der Waals surface area contributed by atoms with E-state index in [2.05, 4.69) is 40.7 Å². The van der Waals surface area contributed by atoms with Crippen LogP contribution in [0.15, 0.2) is 30.6 Å². The molecule has 0 N–H and O–H groups in total. The zero-order chi connectivity index (χ0) is 12.3. The van der Waals surface area contributed by atoms with Crippen LogP contribution in [0, 0.1) is 0 Å². The molecule has 2 rings (SSSR count). The van der Waals surface area contributed by atoms with E-state index in [-0.39, 0.29) is 0 Å². The summed E-state index contributed by atoms with van der Waals surface area (Å²) >= 11 is 0. The van der Waals surface area contributed by atoms with Gasteiger partial charge in [-0.3, -0.25) is 0 Å². The maximum atomic E-state index is 5.13. The lowest BCUT2D eigenvalue weighted by atomic mass is 10.1. The second-order valence-corrected chi connectivity index (χ2v) is 4.27. The number of rotatable bonds is 4. The highest BCUT2D eigenvalue weighted by Crippen LogP contribution is 2.15. The van der Waals surface area contributed by atoms with Gasteiger partial charge in [-0.15, -0.1) is 10.2 Å². The molecule has 4 heteroatoms. The molecule has 0 saturated carbocycles. The molecular formula is C13H17N3O. The van der Waals surface area contributed by atoms with Crippen molar-refractivity contribution < 1.29 is 4.74 Å². The molecule has 0 radical (unpaired) electrons. The first-order valence-corrected chi connectivity index (χ1v) is 5.72. The first kappa shape index (κ1) is 11.6. The van der Waals surface area contributed by atoms with Gasteiger partial charge in [0.1, 0.15) is 17.9 Å². The smallest absolute Gasteiger partial charge is 0.137 e. The summed E-state index contributed by atoms with van der Waals surface area (Å²) in [5, 5.41) is 8.12. The van der Waals surface area contributed by atoms with Crippen molar-refractivity contribution in [1.29, 1.82) is 0 Å². The molecule has 0 fully saturated rings. The summed E-state index contributed by atoms with van der Waals surface area (Å²) in [5.74, 6) is 1.87. The van der Waals surface area contributed by atoms with Crippen LogP contribution in [0.1, 0.15) is 31.3 Å². The van der Waals surface area contributed by atoms with E-state index in [1.807, 2.05) is 12.1 Å². The monoisotopic (exact) mass is 231 g/mol. The minimum Gasteiger partial charge on any atom is -0.497 e. The van der Waals surface area contributed by atoms with Gasteiger partial charge in [-0.05, 0) is 31.5 Å². The van der Waals surface area contributed by atoms with E-state index in [4.69, 9.17) is 4.74 Å². The summed E-state index contributed by atoms with van der Waals surface area (Å²) in [7, 11) is 1.67. The summed E-state index contributed by atoms with van der Waals surface area (Å²) < 4.78 is 7.22. The summed E-state index contributed by atoms with van der Waals surface area (Å²) in [6.45, 7) is 4.25. The average molecular weight is 231 g/mol. The maximum Gasteiger partial charge on any atom is 0.137 e. The molecule has 1 aromatic carbocycles. The number of ether oxygens (including phenoxy) is 1. The Balaban J connectivity index is 2.16. The van der Waals surface area contributed by atoms with Crippen molar-refractivity contribution in [2.45, 2.75) is 26.3 Å². The number of hydrogen-bond acceptors (Lipinski definition) is 3. The molecule has 0 aliphatic carbocycles. The fourth-order valence-electron chi connectivity index (χ4n) is 1.75. The Bertz CT molecular complexity index is 474. The third-order valence-corrected chi connectivity index (χ3v) is 2.72. The van der Waals surface area contributed by atoms with Gasteiger partial charge in [0.2, 0.25) is 0 Å². The predicted molar refractivity (Wildman–Crippen MR) is 66.2 cm³/mol. The molecule has 0 amide bonds. The van der Waals surface area contributed by atoms with E-state index in [1.165, 1.54) is 5.56 Å². The molecule has 1 heterocycles. The standard InChI is InChI=1S/C13H17N3O/c1-10(2)16-9-14-15-13(16)8-11-4-6-12(17-3)7-5-11/h4-7,9-10H,8H2,1-3H3. The van der Waals surface area contributed by atoms with Crippen molar-refractivity contribution in [2.75, 3.05) is 7.11 Å². The van der Waals surface area contributed by atoms with Gasteiger partial charge in [0.05, 0.1) is 7.11 Å². The van der Waals surface area contributed by atoms with Crippen molar-refractivity contribution in [1.82, 2.24) is 14.8 Å². The Morgan fingerprint density at radius 1 is 1.24 bits per heavy atom. The van der Waals surface area contributed by atoms with Crippen LogP contribution in [0.3, 0.4) is 0 Å². The van der Waals surface area contributed by atoms with Gasteiger partial charge >= 0.3 is 0 Å². The van der Waals surface area contributed by atoms with Crippen LogP contribution in [-0.2, 0) is 6.42 Å². The van der Waals surface area contributed by atoms with Crippen LogP contribution in [0.2, 0.25) is 0 Å². The van der Waals surface area contributed by atoms with Crippen molar-refractivity contribution >= 4 is 0 Å². The Hall–Kier alpha value is -1.84. The number of aromatic nitrogens is 3. The van der Waals surface area contributed by atoms with Crippen LogP contribution >= 0.6 is 0 Å². The highest BCUT2D eigenvalue weighted by molar-refractivity contribution is 5.28. The Morgan fingerprint density at radius 2 is 1.94 bits per heavy atom. The Kier molecular flexibility index (Phi) is 3.42. The van der Waals surface area contributed by atoms with Crippen LogP contribution in [0.25, 0.3) is 0 Å². The van der Waals surface area contributed by atoms with E-state index in [0.29, 0.717) is 6.04 Å². The third-order valence-electron chi connectivity index (χ3n) is 2.72. The lowest BCUT2D eigenvalue weighted by molar-refractivity contribution is 0.414. The van der Waals surface area contributed by atoms with Crippen molar-refractivity contribution in [3.8, 4) is 5.75 Å². The lowest BCUT2D eigenvalue weighted by Crippen LogP contribution is -2.05. The molecule has 90 valence electrons. The normalized spacial score (nSPS) is 10.8. The van der Waals surface area contributed by atoms with E-state index < -0.39 is 0 Å².